The molecule has 0 bridgehead atoms. The molecule has 0 spiro atoms. The van der Waals surface area contributed by atoms with Crippen molar-refractivity contribution >= 4 is 50.6 Å². The standard InChI is InChI=1S/C24H13BrF4N2O5S/c25-16-9-13(10-21-22(32)30(23(33)37-21)12-14-3-1-2-4-17(14)26)5-7-19(16)36-20-8-6-15(24(27,28)29)11-18(20)31(34)35/h1-11H,12H2/b21-10-. The summed E-state index contributed by atoms with van der Waals surface area (Å²) in [6, 6.07) is 12.1. The maximum Gasteiger partial charge on any atom is 0.416 e. The third-order valence-corrected chi connectivity index (χ3v) is 6.64. The fourth-order valence-corrected chi connectivity index (χ4v) is 4.63. The number of nitro benzene ring substituents is 1. The molecule has 0 saturated carbocycles. The highest BCUT2D eigenvalue weighted by Crippen LogP contribution is 2.40. The van der Waals surface area contributed by atoms with Crippen molar-refractivity contribution < 1.29 is 36.8 Å². The van der Waals surface area contributed by atoms with E-state index in [0.717, 1.165) is 11.0 Å². The van der Waals surface area contributed by atoms with Crippen molar-refractivity contribution in [1.29, 1.82) is 0 Å². The third kappa shape index (κ3) is 5.83. The number of halogens is 5. The van der Waals surface area contributed by atoms with Crippen LogP contribution in [0.15, 0.2) is 70.0 Å². The predicted molar refractivity (Wildman–Crippen MR) is 130 cm³/mol. The smallest absolute Gasteiger partial charge is 0.416 e. The molecule has 0 unspecified atom stereocenters. The summed E-state index contributed by atoms with van der Waals surface area (Å²) in [7, 11) is 0. The van der Waals surface area contributed by atoms with Gasteiger partial charge in [-0.2, -0.15) is 13.2 Å². The number of rotatable bonds is 6. The molecule has 0 radical (unpaired) electrons. The van der Waals surface area contributed by atoms with Crippen LogP contribution in [0.1, 0.15) is 16.7 Å². The monoisotopic (exact) mass is 596 g/mol. The molecule has 4 rings (SSSR count). The van der Waals surface area contributed by atoms with Crippen LogP contribution in [0.3, 0.4) is 0 Å². The number of nitrogens with zero attached hydrogens (tertiary/aromatic N) is 2. The van der Waals surface area contributed by atoms with Crippen LogP contribution in [0.5, 0.6) is 11.5 Å². The summed E-state index contributed by atoms with van der Waals surface area (Å²) in [5.41, 5.74) is -1.41. The molecule has 0 atom stereocenters. The molecular formula is C24H13BrF4N2O5S. The molecule has 1 aliphatic rings. The molecular weight excluding hydrogens is 584 g/mol. The second-order valence-electron chi connectivity index (χ2n) is 7.59. The maximum absolute atomic E-state index is 13.9. The van der Waals surface area contributed by atoms with Crippen molar-refractivity contribution in [2.75, 3.05) is 0 Å². The van der Waals surface area contributed by atoms with Crippen molar-refractivity contribution in [2.24, 2.45) is 0 Å². The number of hydrogen-bond acceptors (Lipinski definition) is 6. The number of thioether (sulfide) groups is 1. The van der Waals surface area contributed by atoms with Gasteiger partial charge in [0.2, 0.25) is 5.75 Å². The van der Waals surface area contributed by atoms with Gasteiger partial charge in [-0.05, 0) is 69.7 Å². The number of carbonyl (C=O) groups excluding carboxylic acids is 2. The Kier molecular flexibility index (Phi) is 7.37. The first-order valence-corrected chi connectivity index (χ1v) is 11.9. The van der Waals surface area contributed by atoms with E-state index in [4.69, 9.17) is 4.74 Å². The molecule has 0 aliphatic carbocycles. The summed E-state index contributed by atoms with van der Waals surface area (Å²) in [6.45, 7) is -0.225. The fourth-order valence-electron chi connectivity index (χ4n) is 3.32. The number of hydrogen-bond donors (Lipinski definition) is 0. The fraction of sp³-hybridized carbons (Fsp3) is 0.0833. The second-order valence-corrected chi connectivity index (χ2v) is 9.44. The Hall–Kier alpha value is -3.71. The van der Waals surface area contributed by atoms with Gasteiger partial charge in [-0.25, -0.2) is 4.39 Å². The van der Waals surface area contributed by atoms with Gasteiger partial charge in [0, 0.05) is 11.6 Å². The Labute approximate surface area is 219 Å². The Bertz CT molecular complexity index is 1460. The summed E-state index contributed by atoms with van der Waals surface area (Å²) in [5, 5.41) is 10.7. The SMILES string of the molecule is O=C1S/C(=C\c2ccc(Oc3ccc(C(F)(F)F)cc3[N+](=O)[O-])c(Br)c2)C(=O)N1Cc1ccccc1F. The van der Waals surface area contributed by atoms with Crippen LogP contribution < -0.4 is 4.74 Å². The van der Waals surface area contributed by atoms with Gasteiger partial charge in [-0.3, -0.25) is 24.6 Å². The van der Waals surface area contributed by atoms with Gasteiger partial charge >= 0.3 is 11.9 Å². The van der Waals surface area contributed by atoms with E-state index in [2.05, 4.69) is 15.9 Å². The van der Waals surface area contributed by atoms with Gasteiger partial charge in [0.25, 0.3) is 11.1 Å². The maximum atomic E-state index is 13.9. The van der Waals surface area contributed by atoms with Crippen LogP contribution in [0.25, 0.3) is 6.08 Å². The first-order valence-electron chi connectivity index (χ1n) is 10.3. The minimum atomic E-state index is -4.76. The molecule has 0 N–H and O–H groups in total. The van der Waals surface area contributed by atoms with Gasteiger partial charge in [0.1, 0.15) is 11.6 Å². The van der Waals surface area contributed by atoms with Crippen molar-refractivity contribution in [3.05, 3.63) is 103 Å². The minimum Gasteiger partial charge on any atom is -0.449 e. The van der Waals surface area contributed by atoms with Gasteiger partial charge in [-0.1, -0.05) is 24.3 Å². The number of ether oxygens (including phenoxy) is 1. The Morgan fingerprint density at radius 2 is 1.76 bits per heavy atom. The first kappa shape index (κ1) is 26.4. The molecule has 190 valence electrons. The van der Waals surface area contributed by atoms with Gasteiger partial charge in [0.15, 0.2) is 0 Å². The molecule has 3 aromatic rings. The molecule has 1 fully saturated rings. The van der Waals surface area contributed by atoms with E-state index in [1.165, 1.54) is 42.5 Å². The van der Waals surface area contributed by atoms with E-state index in [1.807, 2.05) is 0 Å². The van der Waals surface area contributed by atoms with Crippen molar-refractivity contribution in [1.82, 2.24) is 4.90 Å². The zero-order valence-corrected chi connectivity index (χ0v) is 20.7. The number of carbonyl (C=O) groups is 2. The Morgan fingerprint density at radius 3 is 2.41 bits per heavy atom. The van der Waals surface area contributed by atoms with Gasteiger partial charge in [-0.15, -0.1) is 0 Å². The van der Waals surface area contributed by atoms with Crippen LogP contribution >= 0.6 is 27.7 Å². The van der Waals surface area contributed by atoms with Crippen LogP contribution in [-0.4, -0.2) is 21.0 Å². The van der Waals surface area contributed by atoms with Crippen LogP contribution in [0.4, 0.5) is 28.0 Å². The van der Waals surface area contributed by atoms with E-state index >= 15 is 0 Å². The summed E-state index contributed by atoms with van der Waals surface area (Å²) < 4.78 is 58.5. The van der Waals surface area contributed by atoms with Gasteiger partial charge < -0.3 is 4.74 Å². The molecule has 13 heteroatoms. The largest absolute Gasteiger partial charge is 0.449 e. The highest BCUT2D eigenvalue weighted by Gasteiger charge is 2.36. The Morgan fingerprint density at radius 1 is 1.05 bits per heavy atom. The highest BCUT2D eigenvalue weighted by molar-refractivity contribution is 9.10. The van der Waals surface area contributed by atoms with Crippen molar-refractivity contribution in [2.45, 2.75) is 12.7 Å². The lowest BCUT2D eigenvalue weighted by molar-refractivity contribution is -0.385. The van der Waals surface area contributed by atoms with Crippen molar-refractivity contribution in [3.8, 4) is 11.5 Å². The lowest BCUT2D eigenvalue weighted by atomic mass is 10.1. The molecule has 1 aliphatic heterocycles. The van der Waals surface area contributed by atoms with E-state index in [9.17, 15) is 37.3 Å². The van der Waals surface area contributed by atoms with E-state index in [-0.39, 0.29) is 27.2 Å². The number of imide groups is 1. The molecule has 37 heavy (non-hydrogen) atoms. The molecule has 0 aromatic heterocycles. The topological polar surface area (TPSA) is 89.7 Å². The van der Waals surface area contributed by atoms with E-state index < -0.39 is 45.1 Å². The molecule has 1 heterocycles. The summed E-state index contributed by atoms with van der Waals surface area (Å²) in [4.78, 5) is 36.4. The predicted octanol–water partition coefficient (Wildman–Crippen LogP) is 7.54. The molecule has 3 aromatic carbocycles. The highest BCUT2D eigenvalue weighted by atomic mass is 79.9. The quantitative estimate of drug-likeness (QED) is 0.126. The van der Waals surface area contributed by atoms with Crippen molar-refractivity contribution in [3.63, 3.8) is 0 Å². The number of nitro groups is 1. The van der Waals surface area contributed by atoms with Crippen LogP contribution in [0.2, 0.25) is 0 Å². The molecule has 7 nitrogen and oxygen atoms in total. The second kappa shape index (κ2) is 10.3. The summed E-state index contributed by atoms with van der Waals surface area (Å²) in [6.07, 6.45) is -3.33. The minimum absolute atomic E-state index is 0.0627. The zero-order chi connectivity index (χ0) is 26.9. The summed E-state index contributed by atoms with van der Waals surface area (Å²) in [5.74, 6) is -1.48. The average molecular weight is 597 g/mol. The number of benzene rings is 3. The first-order chi connectivity index (χ1) is 17.4. The van der Waals surface area contributed by atoms with E-state index in [1.54, 1.807) is 6.07 Å². The molecule has 1 saturated heterocycles. The average Bonchev–Trinajstić information content (AvgIpc) is 3.08. The number of amides is 2. The third-order valence-electron chi connectivity index (χ3n) is 5.12. The van der Waals surface area contributed by atoms with Crippen LogP contribution in [-0.2, 0) is 17.5 Å². The Balaban J connectivity index is 1.55. The van der Waals surface area contributed by atoms with Crippen LogP contribution in [0, 0.1) is 15.9 Å². The van der Waals surface area contributed by atoms with E-state index in [0.29, 0.717) is 29.5 Å². The normalized spacial score (nSPS) is 14.9. The molecule has 2 amide bonds. The lowest BCUT2D eigenvalue weighted by Crippen LogP contribution is -2.27. The number of alkyl halides is 3. The zero-order valence-electron chi connectivity index (χ0n) is 18.3. The van der Waals surface area contributed by atoms with Gasteiger partial charge in [0.05, 0.1) is 26.4 Å². The summed E-state index contributed by atoms with van der Waals surface area (Å²) >= 11 is 3.92. The lowest BCUT2D eigenvalue weighted by Gasteiger charge is -2.13.